The fraction of sp³-hybridized carbons (Fsp3) is 0.273. The fourth-order valence-corrected chi connectivity index (χ4v) is 5.07. The van der Waals surface area contributed by atoms with Crippen molar-refractivity contribution < 1.29 is 18.0 Å². The van der Waals surface area contributed by atoms with E-state index in [2.05, 4.69) is 32.4 Å². The second-order valence-corrected chi connectivity index (χ2v) is 11.0. The monoisotopic (exact) mass is 616 g/mol. The van der Waals surface area contributed by atoms with Crippen LogP contribution in [0.5, 0.6) is 0 Å². The lowest BCUT2D eigenvalue weighted by Gasteiger charge is -2.33. The molecule has 2 aromatic heterocycles. The molecule has 0 atom stereocenters. The maximum atomic E-state index is 14.0. The summed E-state index contributed by atoms with van der Waals surface area (Å²) in [5, 5.41) is 5.79. The summed E-state index contributed by atoms with van der Waals surface area (Å²) >= 11 is 0. The molecule has 4 aromatic rings. The zero-order chi connectivity index (χ0) is 32.1. The summed E-state index contributed by atoms with van der Waals surface area (Å²) in [7, 11) is 2.00. The van der Waals surface area contributed by atoms with Gasteiger partial charge in [0.05, 0.1) is 17.4 Å². The highest BCUT2D eigenvalue weighted by Gasteiger charge is 2.34. The van der Waals surface area contributed by atoms with E-state index in [1.165, 1.54) is 18.3 Å². The summed E-state index contributed by atoms with van der Waals surface area (Å²) in [5.41, 5.74) is 15.1. The first-order chi connectivity index (χ1) is 21.5. The van der Waals surface area contributed by atoms with Gasteiger partial charge in [0.2, 0.25) is 0 Å². The molecule has 234 valence electrons. The van der Waals surface area contributed by atoms with E-state index in [4.69, 9.17) is 11.5 Å². The number of hydrogen-bond donors (Lipinski definition) is 4. The molecule has 0 radical (unpaired) electrons. The number of aromatic nitrogens is 2. The third-order valence-electron chi connectivity index (χ3n) is 7.74. The van der Waals surface area contributed by atoms with Crippen molar-refractivity contribution in [2.24, 2.45) is 11.5 Å². The van der Waals surface area contributed by atoms with Crippen molar-refractivity contribution in [2.75, 3.05) is 50.4 Å². The Labute approximate surface area is 259 Å². The molecule has 2 aromatic carbocycles. The van der Waals surface area contributed by atoms with Gasteiger partial charge in [-0.25, -0.2) is 4.98 Å². The molecule has 1 saturated heterocycles. The number of amides is 1. The summed E-state index contributed by atoms with van der Waals surface area (Å²) in [4.78, 5) is 21.8. The number of halogens is 3. The number of fused-ring (bicyclic) bond motifs is 1. The summed E-state index contributed by atoms with van der Waals surface area (Å²) < 4.78 is 43.9. The number of nitrogens with zero attached hydrogens (tertiary/aromatic N) is 4. The summed E-state index contributed by atoms with van der Waals surface area (Å²) in [6, 6.07) is 12.7. The van der Waals surface area contributed by atoms with Crippen LogP contribution in [0.2, 0.25) is 0 Å². The van der Waals surface area contributed by atoms with Gasteiger partial charge in [0.1, 0.15) is 5.69 Å². The second-order valence-electron chi connectivity index (χ2n) is 11.0. The van der Waals surface area contributed by atoms with Crippen LogP contribution >= 0.6 is 0 Å². The molecule has 0 aliphatic carbocycles. The fourth-order valence-electron chi connectivity index (χ4n) is 5.07. The first-order valence-corrected chi connectivity index (χ1v) is 14.4. The molecule has 6 N–H and O–H groups in total. The Morgan fingerprint density at radius 1 is 1.07 bits per heavy atom. The first kappa shape index (κ1) is 31.6. The molecule has 1 aliphatic heterocycles. The highest BCUT2D eigenvalue weighted by molar-refractivity contribution is 6.04. The van der Waals surface area contributed by atoms with Gasteiger partial charge in [-0.2, -0.15) is 13.2 Å². The van der Waals surface area contributed by atoms with Crippen molar-refractivity contribution in [2.45, 2.75) is 19.6 Å². The topological polar surface area (TPSA) is 117 Å². The number of carbonyl (C=O) groups excluding carboxylic acids is 1. The molecule has 0 bridgehead atoms. The number of nitrogens with two attached hydrogens (primary N) is 2. The van der Waals surface area contributed by atoms with E-state index in [0.29, 0.717) is 41.4 Å². The van der Waals surface area contributed by atoms with Gasteiger partial charge < -0.3 is 27.0 Å². The molecular weight excluding hydrogens is 581 g/mol. The van der Waals surface area contributed by atoms with Gasteiger partial charge >= 0.3 is 6.18 Å². The molecule has 1 amide bonds. The lowest BCUT2D eigenvalue weighted by Crippen LogP contribution is -2.44. The quantitative estimate of drug-likeness (QED) is 0.230. The SMILES string of the molecule is Cc1ccc(C(=O)Nc2ccc(CN3CCN(C)CC3)c(C(F)(F)F)c2)cc1C#Cc1cnc2c(N/C(=C/N)CN)cccn12. The van der Waals surface area contributed by atoms with Gasteiger partial charge in [0.15, 0.2) is 5.65 Å². The molecule has 45 heavy (non-hydrogen) atoms. The van der Waals surface area contributed by atoms with Crippen LogP contribution < -0.4 is 22.1 Å². The molecule has 1 aliphatic rings. The normalized spacial score (nSPS) is 14.7. The number of benzene rings is 2. The van der Waals surface area contributed by atoms with E-state index in [9.17, 15) is 18.0 Å². The van der Waals surface area contributed by atoms with Crippen LogP contribution in [0.3, 0.4) is 0 Å². The first-order valence-electron chi connectivity index (χ1n) is 14.4. The molecule has 0 unspecified atom stereocenters. The Hall–Kier alpha value is -4.83. The van der Waals surface area contributed by atoms with Gasteiger partial charge in [0.25, 0.3) is 5.91 Å². The van der Waals surface area contributed by atoms with Crippen molar-refractivity contribution in [3.63, 3.8) is 0 Å². The Balaban J connectivity index is 1.35. The summed E-state index contributed by atoms with van der Waals surface area (Å²) in [6.45, 7) is 5.30. The van der Waals surface area contributed by atoms with Crippen LogP contribution in [0.4, 0.5) is 24.5 Å². The molecule has 0 saturated carbocycles. The molecule has 3 heterocycles. The van der Waals surface area contributed by atoms with Crippen molar-refractivity contribution in [3.05, 3.63) is 106 Å². The number of piperazine rings is 1. The van der Waals surface area contributed by atoms with Gasteiger partial charge in [0, 0.05) is 74.2 Å². The average Bonchev–Trinajstić information content (AvgIpc) is 3.44. The smallest absolute Gasteiger partial charge is 0.403 e. The molecule has 9 nitrogen and oxygen atoms in total. The average molecular weight is 617 g/mol. The predicted octanol–water partition coefficient (Wildman–Crippen LogP) is 4.23. The Morgan fingerprint density at radius 2 is 1.84 bits per heavy atom. The lowest BCUT2D eigenvalue weighted by atomic mass is 10.0. The number of aryl methyl sites for hydroxylation is 1. The van der Waals surface area contributed by atoms with Crippen LogP contribution in [0.15, 0.2) is 72.8 Å². The molecule has 5 rings (SSSR count). The number of nitrogens with one attached hydrogen (secondary N) is 2. The third-order valence-corrected chi connectivity index (χ3v) is 7.74. The number of likely N-dealkylation sites (N-methyl/N-ethyl adjacent to an activating group) is 1. The molecule has 0 spiro atoms. The van der Waals surface area contributed by atoms with E-state index in [1.54, 1.807) is 24.4 Å². The number of imidazole rings is 1. The van der Waals surface area contributed by atoms with Gasteiger partial charge in [-0.15, -0.1) is 0 Å². The van der Waals surface area contributed by atoms with E-state index < -0.39 is 17.6 Å². The van der Waals surface area contributed by atoms with Gasteiger partial charge in [-0.05, 0) is 67.4 Å². The van der Waals surface area contributed by atoms with Crippen LogP contribution in [0.1, 0.15) is 38.3 Å². The number of pyridine rings is 1. The number of anilines is 2. The van der Waals surface area contributed by atoms with Crippen molar-refractivity contribution >= 4 is 22.9 Å². The Bertz CT molecular complexity index is 1790. The minimum atomic E-state index is -4.56. The van der Waals surface area contributed by atoms with Crippen LogP contribution in [0.25, 0.3) is 5.65 Å². The number of rotatable bonds is 7. The zero-order valence-corrected chi connectivity index (χ0v) is 25.1. The number of hydrogen-bond acceptors (Lipinski definition) is 7. The highest BCUT2D eigenvalue weighted by Crippen LogP contribution is 2.35. The van der Waals surface area contributed by atoms with Gasteiger partial charge in [-0.3, -0.25) is 14.1 Å². The van der Waals surface area contributed by atoms with E-state index >= 15 is 0 Å². The minimum absolute atomic E-state index is 0.0695. The van der Waals surface area contributed by atoms with Crippen LogP contribution in [-0.4, -0.2) is 64.9 Å². The molecule has 12 heteroatoms. The van der Waals surface area contributed by atoms with Crippen LogP contribution in [0, 0.1) is 18.8 Å². The second kappa shape index (κ2) is 13.4. The van der Waals surface area contributed by atoms with Gasteiger partial charge in [-0.1, -0.05) is 18.1 Å². The number of carbonyl (C=O) groups is 1. The van der Waals surface area contributed by atoms with Crippen molar-refractivity contribution in [1.29, 1.82) is 0 Å². The van der Waals surface area contributed by atoms with Crippen LogP contribution in [-0.2, 0) is 12.7 Å². The summed E-state index contributed by atoms with van der Waals surface area (Å²) in [6.07, 6.45) is 0.310. The van der Waals surface area contributed by atoms with E-state index in [-0.39, 0.29) is 29.9 Å². The number of alkyl halides is 3. The van der Waals surface area contributed by atoms with Crippen molar-refractivity contribution in [1.82, 2.24) is 19.2 Å². The lowest BCUT2D eigenvalue weighted by molar-refractivity contribution is -0.138. The standard InChI is InChI=1S/C33H35F3N8O/c1-22-5-6-24(16-23(22)8-10-28-20-39-31-30(4-3-11-44(28)31)40-27(18-37)19-38)32(45)41-26-9-7-25(29(17-26)33(34,35)36)21-43-14-12-42(2)13-15-43/h3-7,9,11,16-18,20,40H,12-15,19,21,37-38H2,1-2H3,(H,41,45)/b27-18+. The molecule has 1 fully saturated rings. The van der Waals surface area contributed by atoms with E-state index in [0.717, 1.165) is 24.7 Å². The van der Waals surface area contributed by atoms with Crippen molar-refractivity contribution in [3.8, 4) is 11.8 Å². The maximum absolute atomic E-state index is 14.0. The maximum Gasteiger partial charge on any atom is 0.416 e. The Kier molecular flexibility index (Phi) is 9.43. The third kappa shape index (κ3) is 7.46. The molecular formula is C33H35F3N8O. The Morgan fingerprint density at radius 3 is 2.56 bits per heavy atom. The summed E-state index contributed by atoms with van der Waals surface area (Å²) in [5.74, 6) is 5.68. The minimum Gasteiger partial charge on any atom is -0.403 e. The largest absolute Gasteiger partial charge is 0.416 e. The highest BCUT2D eigenvalue weighted by atomic mass is 19.4. The predicted molar refractivity (Wildman–Crippen MR) is 169 cm³/mol. The van der Waals surface area contributed by atoms with E-state index in [1.807, 2.05) is 41.6 Å². The zero-order valence-electron chi connectivity index (χ0n) is 25.1.